The summed E-state index contributed by atoms with van der Waals surface area (Å²) < 4.78 is 16.6. The van der Waals surface area contributed by atoms with Crippen LogP contribution in [0.15, 0.2) is 10.7 Å². The first kappa shape index (κ1) is 13.6. The molecule has 20 heavy (non-hydrogen) atoms. The van der Waals surface area contributed by atoms with Crippen molar-refractivity contribution in [3.63, 3.8) is 0 Å². The molecule has 1 aliphatic carbocycles. The van der Waals surface area contributed by atoms with Crippen LogP contribution in [0.2, 0.25) is 0 Å². The van der Waals surface area contributed by atoms with Crippen molar-refractivity contribution in [2.45, 2.75) is 44.9 Å². The fraction of sp³-hybridized carbons (Fsp3) is 0.714. The van der Waals surface area contributed by atoms with Gasteiger partial charge in [0.15, 0.2) is 0 Å². The number of nitrogens with zero attached hydrogens (tertiary/aromatic N) is 2. The third-order valence-electron chi connectivity index (χ3n) is 4.16. The van der Waals surface area contributed by atoms with Gasteiger partial charge in [-0.2, -0.15) is 0 Å². The lowest BCUT2D eigenvalue weighted by Crippen LogP contribution is -2.53. The van der Waals surface area contributed by atoms with Crippen LogP contribution in [-0.2, 0) is 9.47 Å². The number of morpholine rings is 1. The number of amides is 1. The van der Waals surface area contributed by atoms with Crippen molar-refractivity contribution in [2.24, 2.45) is 0 Å². The predicted octanol–water partition coefficient (Wildman–Crippen LogP) is 1.39. The zero-order valence-corrected chi connectivity index (χ0v) is 11.9. The number of ether oxygens (including phenoxy) is 2. The Hall–Kier alpha value is -1.40. The van der Waals surface area contributed by atoms with E-state index in [4.69, 9.17) is 14.0 Å². The molecule has 0 N–H and O–H groups in total. The maximum Gasteiger partial charge on any atom is 0.259 e. The predicted molar refractivity (Wildman–Crippen MR) is 70.5 cm³/mol. The second-order valence-corrected chi connectivity index (χ2v) is 5.27. The molecule has 1 saturated carbocycles. The van der Waals surface area contributed by atoms with E-state index < -0.39 is 0 Å². The number of carbonyl (C=O) groups excluding carboxylic acids is 1. The smallest absolute Gasteiger partial charge is 0.259 e. The molecular weight excluding hydrogens is 260 g/mol. The monoisotopic (exact) mass is 280 g/mol. The van der Waals surface area contributed by atoms with E-state index in [1.807, 2.05) is 11.8 Å². The quantitative estimate of drug-likeness (QED) is 0.837. The maximum atomic E-state index is 12.6. The number of aryl methyl sites for hydroxylation is 1. The van der Waals surface area contributed by atoms with E-state index in [-0.39, 0.29) is 24.2 Å². The summed E-state index contributed by atoms with van der Waals surface area (Å²) in [6, 6.07) is 0.0992. The number of rotatable bonds is 3. The van der Waals surface area contributed by atoms with Crippen molar-refractivity contribution in [3.8, 4) is 0 Å². The molecule has 0 spiro atoms. The Morgan fingerprint density at radius 2 is 2.40 bits per heavy atom. The van der Waals surface area contributed by atoms with Gasteiger partial charge in [-0.15, -0.1) is 0 Å². The Morgan fingerprint density at radius 3 is 3.10 bits per heavy atom. The van der Waals surface area contributed by atoms with E-state index in [1.165, 1.54) is 6.20 Å². The molecule has 0 unspecified atom stereocenters. The third-order valence-corrected chi connectivity index (χ3v) is 4.16. The zero-order chi connectivity index (χ0) is 14.1. The van der Waals surface area contributed by atoms with Crippen LogP contribution in [0.3, 0.4) is 0 Å². The molecule has 0 bridgehead atoms. The fourth-order valence-corrected chi connectivity index (χ4v) is 3.22. The van der Waals surface area contributed by atoms with E-state index >= 15 is 0 Å². The highest BCUT2D eigenvalue weighted by atomic mass is 16.5. The number of carbonyl (C=O) groups is 1. The van der Waals surface area contributed by atoms with Gasteiger partial charge in [0.2, 0.25) is 0 Å². The van der Waals surface area contributed by atoms with Crippen LogP contribution in [-0.4, -0.2) is 54.0 Å². The molecule has 1 aliphatic heterocycles. The first-order valence-corrected chi connectivity index (χ1v) is 7.17. The molecule has 6 nitrogen and oxygen atoms in total. The zero-order valence-electron chi connectivity index (χ0n) is 11.9. The van der Waals surface area contributed by atoms with Crippen molar-refractivity contribution in [2.75, 3.05) is 19.8 Å². The van der Waals surface area contributed by atoms with Crippen LogP contribution < -0.4 is 0 Å². The third kappa shape index (κ3) is 2.23. The first-order chi connectivity index (χ1) is 9.72. The molecule has 110 valence electrons. The van der Waals surface area contributed by atoms with Gasteiger partial charge in [0.05, 0.1) is 24.9 Å². The Balaban J connectivity index is 1.77. The fourth-order valence-electron chi connectivity index (χ4n) is 3.22. The van der Waals surface area contributed by atoms with Gasteiger partial charge in [0.1, 0.15) is 17.4 Å². The number of aromatic nitrogens is 1. The van der Waals surface area contributed by atoms with Crippen molar-refractivity contribution >= 4 is 5.91 Å². The van der Waals surface area contributed by atoms with E-state index in [1.54, 1.807) is 6.92 Å². The summed E-state index contributed by atoms with van der Waals surface area (Å²) in [4.78, 5) is 14.5. The van der Waals surface area contributed by atoms with Crippen LogP contribution in [0.1, 0.15) is 35.9 Å². The lowest BCUT2D eigenvalue weighted by Gasteiger charge is -2.38. The molecule has 1 aromatic heterocycles. The van der Waals surface area contributed by atoms with Gasteiger partial charge in [-0.1, -0.05) is 5.16 Å². The normalized spacial score (nSPS) is 29.5. The van der Waals surface area contributed by atoms with E-state index in [9.17, 15) is 4.79 Å². The van der Waals surface area contributed by atoms with Gasteiger partial charge in [0, 0.05) is 13.2 Å². The molecule has 0 aromatic carbocycles. The molecule has 2 heterocycles. The minimum atomic E-state index is -0.0146. The summed E-state index contributed by atoms with van der Waals surface area (Å²) in [7, 11) is 0. The summed E-state index contributed by atoms with van der Waals surface area (Å²) >= 11 is 0. The van der Waals surface area contributed by atoms with Crippen molar-refractivity contribution in [3.05, 3.63) is 17.5 Å². The molecule has 1 amide bonds. The lowest BCUT2D eigenvalue weighted by atomic mass is 10.1. The molecule has 3 rings (SSSR count). The minimum absolute atomic E-state index is 0.00665. The molecule has 0 radical (unpaired) electrons. The molecular formula is C14H20N2O4. The summed E-state index contributed by atoms with van der Waals surface area (Å²) in [6.45, 7) is 5.59. The highest BCUT2D eigenvalue weighted by Gasteiger charge is 2.45. The molecule has 3 atom stereocenters. The number of hydrogen-bond acceptors (Lipinski definition) is 5. The van der Waals surface area contributed by atoms with Gasteiger partial charge in [-0.05, 0) is 26.7 Å². The molecule has 2 fully saturated rings. The first-order valence-electron chi connectivity index (χ1n) is 7.17. The van der Waals surface area contributed by atoms with Crippen LogP contribution in [0.25, 0.3) is 0 Å². The largest absolute Gasteiger partial charge is 0.376 e. The lowest BCUT2D eigenvalue weighted by molar-refractivity contribution is -0.102. The highest BCUT2D eigenvalue weighted by molar-refractivity contribution is 5.95. The van der Waals surface area contributed by atoms with Gasteiger partial charge in [-0.25, -0.2) is 0 Å². The molecule has 6 heteroatoms. The summed E-state index contributed by atoms with van der Waals surface area (Å²) in [6.07, 6.45) is 3.45. The second kappa shape index (κ2) is 5.54. The highest BCUT2D eigenvalue weighted by Crippen LogP contribution is 2.33. The van der Waals surface area contributed by atoms with Crippen molar-refractivity contribution in [1.82, 2.24) is 10.1 Å². The van der Waals surface area contributed by atoms with Gasteiger partial charge in [0.25, 0.3) is 5.91 Å². The Labute approximate surface area is 118 Å². The number of hydrogen-bond donors (Lipinski definition) is 0. The van der Waals surface area contributed by atoms with Gasteiger partial charge in [-0.3, -0.25) is 4.79 Å². The van der Waals surface area contributed by atoms with Crippen LogP contribution in [0, 0.1) is 6.92 Å². The average molecular weight is 280 g/mol. The second-order valence-electron chi connectivity index (χ2n) is 5.27. The van der Waals surface area contributed by atoms with E-state index in [0.717, 1.165) is 12.8 Å². The van der Waals surface area contributed by atoms with Crippen molar-refractivity contribution in [1.29, 1.82) is 0 Å². The number of fused-ring (bicyclic) bond motifs is 1. The Kier molecular flexibility index (Phi) is 3.76. The molecule has 1 saturated heterocycles. The van der Waals surface area contributed by atoms with Crippen LogP contribution in [0.4, 0.5) is 0 Å². The summed E-state index contributed by atoms with van der Waals surface area (Å²) in [5, 5.41) is 3.69. The standard InChI is InChI=1S/C14H20N2O4/c1-3-18-12-5-4-11-13(12)19-7-6-16(11)14(17)10-8-15-20-9(10)2/h8,11-13H,3-7H2,1-2H3/t11-,12-,13-/m0/s1. The van der Waals surface area contributed by atoms with Crippen LogP contribution in [0.5, 0.6) is 0 Å². The Morgan fingerprint density at radius 1 is 1.55 bits per heavy atom. The molecule has 1 aromatic rings. The SMILES string of the molecule is CCO[C@H]1CC[C@H]2[C@@H]1OCCN2C(=O)c1cnoc1C. The van der Waals surface area contributed by atoms with Gasteiger partial charge >= 0.3 is 0 Å². The summed E-state index contributed by atoms with van der Waals surface area (Å²) in [5.41, 5.74) is 0.547. The van der Waals surface area contributed by atoms with E-state index in [2.05, 4.69) is 5.16 Å². The summed E-state index contributed by atoms with van der Waals surface area (Å²) in [5.74, 6) is 0.552. The van der Waals surface area contributed by atoms with Crippen molar-refractivity contribution < 1.29 is 18.8 Å². The van der Waals surface area contributed by atoms with E-state index in [0.29, 0.717) is 31.1 Å². The average Bonchev–Trinajstić information content (AvgIpc) is 3.05. The Bertz CT molecular complexity index is 487. The topological polar surface area (TPSA) is 64.8 Å². The van der Waals surface area contributed by atoms with Gasteiger partial charge < -0.3 is 18.9 Å². The minimum Gasteiger partial charge on any atom is -0.376 e. The molecule has 2 aliphatic rings. The van der Waals surface area contributed by atoms with Crippen LogP contribution >= 0.6 is 0 Å². The maximum absolute atomic E-state index is 12.6.